The number of nitrogens with two attached hydrogens (primary N) is 2. The molecule has 0 fully saturated rings. The third kappa shape index (κ3) is 2.52. The van der Waals surface area contributed by atoms with E-state index in [1.54, 1.807) is 25.3 Å². The van der Waals surface area contributed by atoms with Gasteiger partial charge in [-0.2, -0.15) is 0 Å². The third-order valence-electron chi connectivity index (χ3n) is 1.65. The number of nitrogens with zero attached hydrogens (tertiary/aromatic N) is 1. The number of ketones is 1. The Morgan fingerprint density at radius 2 is 2.38 bits per heavy atom. The molecule has 1 atom stereocenters. The smallest absolute Gasteiger partial charge is 0.168 e. The van der Waals surface area contributed by atoms with Crippen molar-refractivity contribution in [3.05, 3.63) is 23.9 Å². The molecular formula is C9H13N3O. The summed E-state index contributed by atoms with van der Waals surface area (Å²) >= 11 is 0. The van der Waals surface area contributed by atoms with E-state index in [2.05, 4.69) is 4.98 Å². The van der Waals surface area contributed by atoms with Gasteiger partial charge in [-0.05, 0) is 19.1 Å². The zero-order chi connectivity index (χ0) is 9.84. The van der Waals surface area contributed by atoms with Gasteiger partial charge in [0.1, 0.15) is 5.82 Å². The number of nitrogen functional groups attached to an aromatic ring is 1. The molecule has 0 bridgehead atoms. The van der Waals surface area contributed by atoms with Gasteiger partial charge in [-0.3, -0.25) is 4.79 Å². The normalized spacial score (nSPS) is 12.5. The molecule has 0 aliphatic heterocycles. The van der Waals surface area contributed by atoms with Crippen LogP contribution in [0.1, 0.15) is 23.7 Å². The third-order valence-corrected chi connectivity index (χ3v) is 1.65. The van der Waals surface area contributed by atoms with Gasteiger partial charge in [-0.15, -0.1) is 0 Å². The first-order valence-corrected chi connectivity index (χ1v) is 4.10. The Morgan fingerprint density at radius 3 is 2.92 bits per heavy atom. The Kier molecular flexibility index (Phi) is 2.97. The van der Waals surface area contributed by atoms with Crippen LogP contribution in [0.4, 0.5) is 5.82 Å². The molecule has 1 aromatic rings. The second kappa shape index (κ2) is 4.00. The monoisotopic (exact) mass is 179 g/mol. The van der Waals surface area contributed by atoms with Crippen molar-refractivity contribution in [2.45, 2.75) is 19.4 Å². The minimum atomic E-state index is -0.146. The Hall–Kier alpha value is -1.42. The molecule has 0 aliphatic carbocycles. The number of pyridine rings is 1. The number of anilines is 1. The fourth-order valence-electron chi connectivity index (χ4n) is 1.06. The first-order valence-electron chi connectivity index (χ1n) is 4.10. The first-order chi connectivity index (χ1) is 6.11. The van der Waals surface area contributed by atoms with E-state index in [-0.39, 0.29) is 17.6 Å². The second-order valence-corrected chi connectivity index (χ2v) is 3.04. The molecule has 0 aromatic carbocycles. The summed E-state index contributed by atoms with van der Waals surface area (Å²) in [5, 5.41) is 0. The molecule has 4 heteroatoms. The molecule has 0 saturated carbocycles. The molecule has 4 N–H and O–H groups in total. The lowest BCUT2D eigenvalue weighted by molar-refractivity contribution is 0.0977. The van der Waals surface area contributed by atoms with Crippen LogP contribution in [-0.2, 0) is 0 Å². The Bertz CT molecular complexity index is 309. The van der Waals surface area contributed by atoms with E-state index in [0.29, 0.717) is 12.0 Å². The van der Waals surface area contributed by atoms with Gasteiger partial charge < -0.3 is 11.5 Å². The number of carbonyl (C=O) groups is 1. The summed E-state index contributed by atoms with van der Waals surface area (Å²) in [4.78, 5) is 15.3. The van der Waals surface area contributed by atoms with Crippen molar-refractivity contribution < 1.29 is 4.79 Å². The summed E-state index contributed by atoms with van der Waals surface area (Å²) in [5.74, 6) is 0.216. The molecule has 70 valence electrons. The molecular weight excluding hydrogens is 166 g/mol. The number of Topliss-reactive ketones (excluding diaryl/α,β-unsaturated/α-hetero) is 1. The van der Waals surface area contributed by atoms with Crippen LogP contribution in [-0.4, -0.2) is 16.8 Å². The molecule has 0 aliphatic rings. The molecule has 0 radical (unpaired) electrons. The Morgan fingerprint density at radius 1 is 1.69 bits per heavy atom. The van der Waals surface area contributed by atoms with E-state index in [1.807, 2.05) is 0 Å². The van der Waals surface area contributed by atoms with E-state index >= 15 is 0 Å². The maximum Gasteiger partial charge on any atom is 0.168 e. The lowest BCUT2D eigenvalue weighted by atomic mass is 10.1. The second-order valence-electron chi connectivity index (χ2n) is 3.04. The average molecular weight is 179 g/mol. The van der Waals surface area contributed by atoms with E-state index in [4.69, 9.17) is 11.5 Å². The summed E-state index contributed by atoms with van der Waals surface area (Å²) in [5.41, 5.74) is 11.5. The molecule has 1 heterocycles. The number of hydrogen-bond acceptors (Lipinski definition) is 4. The highest BCUT2D eigenvalue weighted by atomic mass is 16.1. The maximum absolute atomic E-state index is 11.5. The summed E-state index contributed by atoms with van der Waals surface area (Å²) in [6, 6.07) is 3.20. The van der Waals surface area contributed by atoms with Crippen LogP contribution in [0.15, 0.2) is 18.3 Å². The van der Waals surface area contributed by atoms with Crippen LogP contribution in [0.2, 0.25) is 0 Å². The maximum atomic E-state index is 11.5. The van der Waals surface area contributed by atoms with Gasteiger partial charge in [0.2, 0.25) is 0 Å². The Labute approximate surface area is 77.0 Å². The Balaban J connectivity index is 2.83. The van der Waals surface area contributed by atoms with Gasteiger partial charge in [-0.1, -0.05) is 0 Å². The van der Waals surface area contributed by atoms with Crippen molar-refractivity contribution in [1.29, 1.82) is 0 Å². The van der Waals surface area contributed by atoms with Gasteiger partial charge in [0, 0.05) is 18.7 Å². The SMILES string of the molecule is CC(N)CC(=O)c1cccnc1N. The predicted octanol–water partition coefficient (Wildman–Crippen LogP) is 0.584. The van der Waals surface area contributed by atoms with Crippen LogP contribution in [0, 0.1) is 0 Å². The molecule has 1 aromatic heterocycles. The average Bonchev–Trinajstić information content (AvgIpc) is 2.03. The fraction of sp³-hybridized carbons (Fsp3) is 0.333. The summed E-state index contributed by atoms with van der Waals surface area (Å²) in [6.07, 6.45) is 1.86. The lowest BCUT2D eigenvalue weighted by Crippen LogP contribution is -2.20. The lowest BCUT2D eigenvalue weighted by Gasteiger charge is -2.05. The molecule has 0 spiro atoms. The molecule has 1 rings (SSSR count). The number of hydrogen-bond donors (Lipinski definition) is 2. The van der Waals surface area contributed by atoms with Crippen LogP contribution in [0.25, 0.3) is 0 Å². The summed E-state index contributed by atoms with van der Waals surface area (Å²) in [6.45, 7) is 1.78. The topological polar surface area (TPSA) is 82.0 Å². The number of rotatable bonds is 3. The van der Waals surface area contributed by atoms with E-state index < -0.39 is 0 Å². The van der Waals surface area contributed by atoms with Crippen molar-refractivity contribution in [2.24, 2.45) is 5.73 Å². The standard InChI is InChI=1S/C9H13N3O/c1-6(10)5-8(13)7-3-2-4-12-9(7)11/h2-4,6H,5,10H2,1H3,(H2,11,12). The first kappa shape index (κ1) is 9.67. The van der Waals surface area contributed by atoms with Crippen molar-refractivity contribution in [2.75, 3.05) is 5.73 Å². The summed E-state index contributed by atoms with van der Waals surface area (Å²) < 4.78 is 0. The highest BCUT2D eigenvalue weighted by Crippen LogP contribution is 2.10. The highest BCUT2D eigenvalue weighted by Gasteiger charge is 2.11. The van der Waals surface area contributed by atoms with E-state index in [0.717, 1.165) is 0 Å². The minimum Gasteiger partial charge on any atom is -0.383 e. The van der Waals surface area contributed by atoms with Crippen molar-refractivity contribution in [3.8, 4) is 0 Å². The molecule has 0 saturated heterocycles. The summed E-state index contributed by atoms with van der Waals surface area (Å²) in [7, 11) is 0. The molecule has 0 amide bonds. The minimum absolute atomic E-state index is 0.0550. The van der Waals surface area contributed by atoms with Crippen molar-refractivity contribution in [3.63, 3.8) is 0 Å². The highest BCUT2D eigenvalue weighted by molar-refractivity contribution is 6.00. The van der Waals surface area contributed by atoms with E-state index in [9.17, 15) is 4.79 Å². The van der Waals surface area contributed by atoms with E-state index in [1.165, 1.54) is 0 Å². The molecule has 1 unspecified atom stereocenters. The van der Waals surface area contributed by atoms with Crippen LogP contribution in [0.3, 0.4) is 0 Å². The van der Waals surface area contributed by atoms with Crippen molar-refractivity contribution in [1.82, 2.24) is 4.98 Å². The van der Waals surface area contributed by atoms with Crippen LogP contribution in [0.5, 0.6) is 0 Å². The van der Waals surface area contributed by atoms with Gasteiger partial charge in [0.15, 0.2) is 5.78 Å². The zero-order valence-corrected chi connectivity index (χ0v) is 7.53. The van der Waals surface area contributed by atoms with Crippen LogP contribution < -0.4 is 11.5 Å². The molecule has 13 heavy (non-hydrogen) atoms. The predicted molar refractivity (Wildman–Crippen MR) is 51.2 cm³/mol. The van der Waals surface area contributed by atoms with Gasteiger partial charge in [0.25, 0.3) is 0 Å². The van der Waals surface area contributed by atoms with Gasteiger partial charge in [-0.25, -0.2) is 4.98 Å². The zero-order valence-electron chi connectivity index (χ0n) is 7.53. The molecule has 4 nitrogen and oxygen atoms in total. The largest absolute Gasteiger partial charge is 0.383 e. The van der Waals surface area contributed by atoms with Gasteiger partial charge in [0.05, 0.1) is 5.56 Å². The fourth-order valence-corrected chi connectivity index (χ4v) is 1.06. The van der Waals surface area contributed by atoms with Crippen LogP contribution >= 0.6 is 0 Å². The quantitative estimate of drug-likeness (QED) is 0.665. The van der Waals surface area contributed by atoms with Crippen molar-refractivity contribution >= 4 is 11.6 Å². The van der Waals surface area contributed by atoms with Gasteiger partial charge >= 0.3 is 0 Å². The number of carbonyl (C=O) groups excluding carboxylic acids is 1. The number of aromatic nitrogens is 1.